The lowest BCUT2D eigenvalue weighted by molar-refractivity contribution is 0.0997. The molecule has 1 saturated heterocycles. The Kier molecular flexibility index (Phi) is 6.17. The Morgan fingerprint density at radius 2 is 1.78 bits per heavy atom. The molecule has 0 radical (unpaired) electrons. The number of carbonyl (C=O) groups excluding carboxylic acids is 1. The number of rotatable bonds is 5. The van der Waals surface area contributed by atoms with Crippen LogP contribution in [0.15, 0.2) is 62.6 Å². The number of sulfonamides is 1. The summed E-state index contributed by atoms with van der Waals surface area (Å²) in [6.45, 7) is 5.15. The molecule has 8 heteroatoms. The van der Waals surface area contributed by atoms with Crippen LogP contribution in [0.2, 0.25) is 0 Å². The van der Waals surface area contributed by atoms with Crippen molar-refractivity contribution >= 4 is 32.6 Å². The highest BCUT2D eigenvalue weighted by molar-refractivity contribution is 7.89. The molecule has 0 spiro atoms. The van der Waals surface area contributed by atoms with E-state index in [0.29, 0.717) is 35.7 Å². The smallest absolute Gasteiger partial charge is 0.291 e. The molecule has 1 aromatic heterocycles. The molecule has 1 N–H and O–H groups in total. The predicted molar refractivity (Wildman–Crippen MR) is 123 cm³/mol. The van der Waals surface area contributed by atoms with Gasteiger partial charge in [0.2, 0.25) is 10.0 Å². The third-order valence-corrected chi connectivity index (χ3v) is 7.83. The van der Waals surface area contributed by atoms with E-state index >= 15 is 0 Å². The van der Waals surface area contributed by atoms with Crippen LogP contribution < -0.4 is 10.7 Å². The van der Waals surface area contributed by atoms with Gasteiger partial charge in [0.1, 0.15) is 5.58 Å². The molecule has 2 aromatic carbocycles. The van der Waals surface area contributed by atoms with E-state index in [9.17, 15) is 18.0 Å². The second-order valence-corrected chi connectivity index (χ2v) is 10.2. The van der Waals surface area contributed by atoms with E-state index in [1.54, 1.807) is 12.1 Å². The number of hydrogen-bond donors (Lipinski definition) is 1. The summed E-state index contributed by atoms with van der Waals surface area (Å²) in [4.78, 5) is 25.3. The van der Waals surface area contributed by atoms with Gasteiger partial charge in [-0.05, 0) is 67.1 Å². The largest absolute Gasteiger partial charge is 0.451 e. The minimum atomic E-state index is -3.56. The van der Waals surface area contributed by atoms with Gasteiger partial charge in [0.25, 0.3) is 5.91 Å². The minimum absolute atomic E-state index is 0.106. The predicted octanol–water partition coefficient (Wildman–Crippen LogP) is 4.03. The first-order valence-electron chi connectivity index (χ1n) is 10.8. The van der Waals surface area contributed by atoms with Crippen molar-refractivity contribution < 1.29 is 17.6 Å². The first kappa shape index (κ1) is 22.2. The molecular formula is C24H26N2O5S. The van der Waals surface area contributed by atoms with E-state index in [4.69, 9.17) is 4.42 Å². The molecule has 0 aliphatic carbocycles. The third kappa shape index (κ3) is 4.47. The number of aryl methyl sites for hydroxylation is 1. The Morgan fingerprint density at radius 3 is 2.44 bits per heavy atom. The zero-order valence-corrected chi connectivity index (χ0v) is 18.9. The van der Waals surface area contributed by atoms with Gasteiger partial charge >= 0.3 is 0 Å². The van der Waals surface area contributed by atoms with Gasteiger partial charge in [-0.3, -0.25) is 9.59 Å². The van der Waals surface area contributed by atoms with Crippen molar-refractivity contribution in [1.29, 1.82) is 0 Å². The number of nitrogens with one attached hydrogen (secondary N) is 1. The molecule has 0 unspecified atom stereocenters. The Labute approximate surface area is 187 Å². The summed E-state index contributed by atoms with van der Waals surface area (Å²) in [6, 6.07) is 12.5. The van der Waals surface area contributed by atoms with Crippen LogP contribution in [0.4, 0.5) is 5.69 Å². The average Bonchev–Trinajstić information content (AvgIpc) is 2.79. The van der Waals surface area contributed by atoms with Crippen molar-refractivity contribution in [2.24, 2.45) is 5.92 Å². The fourth-order valence-electron chi connectivity index (χ4n) is 3.81. The SMILES string of the molecule is CCc1ccc2oc(C(=O)Nc3ccc(S(=O)(=O)N4CCC(C)CC4)cc3)cc(=O)c2c1. The number of hydrogen-bond acceptors (Lipinski definition) is 5. The molecular weight excluding hydrogens is 428 g/mol. The molecule has 3 aromatic rings. The topological polar surface area (TPSA) is 96.7 Å². The van der Waals surface area contributed by atoms with Crippen LogP contribution in [0.1, 0.15) is 42.8 Å². The second-order valence-electron chi connectivity index (χ2n) is 8.22. The number of anilines is 1. The average molecular weight is 455 g/mol. The van der Waals surface area contributed by atoms with E-state index in [1.165, 1.54) is 34.6 Å². The Balaban J connectivity index is 1.51. The van der Waals surface area contributed by atoms with Gasteiger partial charge in [-0.2, -0.15) is 4.31 Å². The molecule has 0 atom stereocenters. The van der Waals surface area contributed by atoms with Crippen LogP contribution >= 0.6 is 0 Å². The molecule has 1 amide bonds. The lowest BCUT2D eigenvalue weighted by Gasteiger charge is -2.29. The van der Waals surface area contributed by atoms with Crippen molar-refractivity contribution in [2.45, 2.75) is 38.0 Å². The van der Waals surface area contributed by atoms with Gasteiger partial charge in [-0.1, -0.05) is 19.9 Å². The summed E-state index contributed by atoms with van der Waals surface area (Å²) in [5.41, 5.74) is 1.47. The van der Waals surface area contributed by atoms with Crippen molar-refractivity contribution in [2.75, 3.05) is 18.4 Å². The summed E-state index contributed by atoms with van der Waals surface area (Å²) < 4.78 is 32.8. The molecule has 7 nitrogen and oxygen atoms in total. The maximum atomic E-state index is 12.8. The number of carbonyl (C=O) groups is 1. The maximum Gasteiger partial charge on any atom is 0.291 e. The summed E-state index contributed by atoms with van der Waals surface area (Å²) in [6.07, 6.45) is 2.49. The molecule has 0 saturated carbocycles. The van der Waals surface area contributed by atoms with Gasteiger partial charge in [-0.15, -0.1) is 0 Å². The van der Waals surface area contributed by atoms with Crippen LogP contribution in [0.5, 0.6) is 0 Å². The molecule has 32 heavy (non-hydrogen) atoms. The highest BCUT2D eigenvalue weighted by Crippen LogP contribution is 2.24. The fourth-order valence-corrected chi connectivity index (χ4v) is 5.28. The van der Waals surface area contributed by atoms with Crippen LogP contribution in [0.25, 0.3) is 11.0 Å². The Hall–Kier alpha value is -2.97. The number of benzene rings is 2. The minimum Gasteiger partial charge on any atom is -0.451 e. The second kappa shape index (κ2) is 8.88. The van der Waals surface area contributed by atoms with E-state index in [-0.39, 0.29) is 16.1 Å². The van der Waals surface area contributed by atoms with Crippen LogP contribution in [0, 0.1) is 5.92 Å². The Morgan fingerprint density at radius 1 is 1.09 bits per heavy atom. The highest BCUT2D eigenvalue weighted by atomic mass is 32.2. The van der Waals surface area contributed by atoms with Gasteiger partial charge < -0.3 is 9.73 Å². The Bertz CT molecular complexity index is 1300. The molecule has 1 aliphatic heterocycles. The van der Waals surface area contributed by atoms with Gasteiger partial charge in [0.15, 0.2) is 11.2 Å². The van der Waals surface area contributed by atoms with Crippen molar-refractivity contribution in [3.8, 4) is 0 Å². The number of fused-ring (bicyclic) bond motifs is 1. The first-order valence-corrected chi connectivity index (χ1v) is 12.2. The van der Waals surface area contributed by atoms with Gasteiger partial charge in [0.05, 0.1) is 10.3 Å². The molecule has 2 heterocycles. The normalized spacial score (nSPS) is 15.7. The van der Waals surface area contributed by atoms with E-state index in [1.807, 2.05) is 13.0 Å². The maximum absolute atomic E-state index is 12.8. The third-order valence-electron chi connectivity index (χ3n) is 5.92. The quantitative estimate of drug-likeness (QED) is 0.628. The number of amides is 1. The van der Waals surface area contributed by atoms with Crippen LogP contribution in [0.3, 0.4) is 0 Å². The standard InChI is InChI=1S/C24H26N2O5S/c1-3-17-4-9-22-20(14-17)21(27)15-23(31-22)24(28)25-18-5-7-19(8-6-18)32(29,30)26-12-10-16(2)11-13-26/h4-9,14-16H,3,10-13H2,1-2H3,(H,25,28). The highest BCUT2D eigenvalue weighted by Gasteiger charge is 2.28. The number of piperidine rings is 1. The lowest BCUT2D eigenvalue weighted by atomic mass is 10.0. The molecule has 1 fully saturated rings. The molecule has 0 bridgehead atoms. The van der Waals surface area contributed by atoms with Crippen LogP contribution in [-0.4, -0.2) is 31.7 Å². The van der Waals surface area contributed by atoms with Crippen molar-refractivity contribution in [3.05, 3.63) is 70.1 Å². The molecule has 168 valence electrons. The van der Waals surface area contributed by atoms with E-state index < -0.39 is 15.9 Å². The van der Waals surface area contributed by atoms with Gasteiger partial charge in [-0.25, -0.2) is 8.42 Å². The van der Waals surface area contributed by atoms with Crippen LogP contribution in [-0.2, 0) is 16.4 Å². The molecule has 4 rings (SSSR count). The fraction of sp³-hybridized carbons (Fsp3) is 0.333. The summed E-state index contributed by atoms with van der Waals surface area (Å²) in [7, 11) is -3.56. The zero-order chi connectivity index (χ0) is 22.9. The molecule has 1 aliphatic rings. The summed E-state index contributed by atoms with van der Waals surface area (Å²) in [5.74, 6) is -0.155. The summed E-state index contributed by atoms with van der Waals surface area (Å²) in [5, 5.41) is 3.09. The lowest BCUT2D eigenvalue weighted by Crippen LogP contribution is -2.37. The number of nitrogens with zero attached hydrogens (tertiary/aromatic N) is 1. The van der Waals surface area contributed by atoms with E-state index in [0.717, 1.165) is 24.8 Å². The van der Waals surface area contributed by atoms with Crippen molar-refractivity contribution in [1.82, 2.24) is 4.31 Å². The summed E-state index contributed by atoms with van der Waals surface area (Å²) >= 11 is 0. The first-order chi connectivity index (χ1) is 15.3. The van der Waals surface area contributed by atoms with E-state index in [2.05, 4.69) is 12.2 Å². The zero-order valence-electron chi connectivity index (χ0n) is 18.1. The van der Waals surface area contributed by atoms with Gasteiger partial charge in [0, 0.05) is 24.8 Å². The van der Waals surface area contributed by atoms with Crippen molar-refractivity contribution in [3.63, 3.8) is 0 Å². The monoisotopic (exact) mass is 454 g/mol.